The first-order chi connectivity index (χ1) is 10.3. The van der Waals surface area contributed by atoms with Crippen LogP contribution in [0.25, 0.3) is 0 Å². The molecule has 1 fully saturated rings. The number of hydrogen-bond donors (Lipinski definition) is 4. The summed E-state index contributed by atoms with van der Waals surface area (Å²) in [6, 6.07) is 0. The molecule has 0 saturated carbocycles. The molecule has 22 heavy (non-hydrogen) atoms. The molecule has 4 N–H and O–H groups in total. The van der Waals surface area contributed by atoms with E-state index < -0.39 is 47.0 Å². The van der Waals surface area contributed by atoms with E-state index in [9.17, 15) is 30.0 Å². The molecule has 3 aliphatic rings. The van der Waals surface area contributed by atoms with Gasteiger partial charge in [-0.1, -0.05) is 0 Å². The Morgan fingerprint density at radius 2 is 1.55 bits per heavy atom. The first-order valence-electron chi connectivity index (χ1n) is 6.71. The first-order valence-corrected chi connectivity index (χ1v) is 6.71. The largest absolute Gasteiger partial charge is 0.507 e. The van der Waals surface area contributed by atoms with Gasteiger partial charge in [-0.2, -0.15) is 0 Å². The summed E-state index contributed by atoms with van der Waals surface area (Å²) in [6.45, 7) is 1.34. The van der Waals surface area contributed by atoms with Crippen molar-refractivity contribution in [3.05, 3.63) is 34.4 Å². The van der Waals surface area contributed by atoms with Gasteiger partial charge in [0.1, 0.15) is 35.4 Å². The highest BCUT2D eigenvalue weighted by molar-refractivity contribution is 6.24. The number of aliphatic hydroxyl groups excluding tert-OH is 1. The SMILES string of the molecule is C[C@]1(O)[C@H](O)c2c(O)c3c(c(O)c2[C@@H]2O[C@@H]21)C(=O)C=CC3=O. The minimum Gasteiger partial charge on any atom is -0.507 e. The number of hydrogen-bond acceptors (Lipinski definition) is 7. The Hall–Kier alpha value is -2.22. The summed E-state index contributed by atoms with van der Waals surface area (Å²) in [5.41, 5.74) is -2.45. The van der Waals surface area contributed by atoms with Crippen LogP contribution in [-0.2, 0) is 4.74 Å². The molecule has 0 aromatic heterocycles. The van der Waals surface area contributed by atoms with E-state index in [1.807, 2.05) is 0 Å². The van der Waals surface area contributed by atoms with Gasteiger partial charge in [0.15, 0.2) is 11.6 Å². The zero-order valence-electron chi connectivity index (χ0n) is 11.4. The predicted molar refractivity (Wildman–Crippen MR) is 70.8 cm³/mol. The maximum Gasteiger partial charge on any atom is 0.190 e. The molecule has 2 aliphatic carbocycles. The minimum absolute atomic E-state index is 0.0525. The fourth-order valence-electron chi connectivity index (χ4n) is 3.35. The number of allylic oxidation sites excluding steroid dienone is 2. The fourth-order valence-corrected chi connectivity index (χ4v) is 3.35. The van der Waals surface area contributed by atoms with Crippen molar-refractivity contribution in [2.75, 3.05) is 0 Å². The Labute approximate surface area is 124 Å². The van der Waals surface area contributed by atoms with E-state index in [1.165, 1.54) is 6.92 Å². The van der Waals surface area contributed by atoms with Crippen LogP contribution in [0.5, 0.6) is 11.5 Å². The number of carbonyl (C=O) groups is 2. The summed E-state index contributed by atoms with van der Waals surface area (Å²) in [5.74, 6) is -2.37. The summed E-state index contributed by atoms with van der Waals surface area (Å²) >= 11 is 0. The second-order valence-electron chi connectivity index (χ2n) is 5.94. The normalized spacial score (nSPS) is 35.0. The van der Waals surface area contributed by atoms with Crippen molar-refractivity contribution >= 4 is 11.6 Å². The second-order valence-corrected chi connectivity index (χ2v) is 5.94. The Morgan fingerprint density at radius 3 is 2.09 bits per heavy atom. The molecule has 1 heterocycles. The zero-order chi connectivity index (χ0) is 16.0. The van der Waals surface area contributed by atoms with Crippen molar-refractivity contribution in [3.8, 4) is 11.5 Å². The monoisotopic (exact) mass is 304 g/mol. The van der Waals surface area contributed by atoms with Gasteiger partial charge in [0, 0.05) is 11.1 Å². The van der Waals surface area contributed by atoms with Gasteiger partial charge < -0.3 is 25.2 Å². The van der Waals surface area contributed by atoms with Crippen molar-refractivity contribution in [3.63, 3.8) is 0 Å². The summed E-state index contributed by atoms with van der Waals surface area (Å²) < 4.78 is 5.28. The third kappa shape index (κ3) is 1.36. The molecule has 1 aromatic rings. The summed E-state index contributed by atoms with van der Waals surface area (Å²) in [5, 5.41) is 41.4. The highest BCUT2D eigenvalue weighted by Crippen LogP contribution is 2.61. The third-order valence-corrected chi connectivity index (χ3v) is 4.58. The van der Waals surface area contributed by atoms with Gasteiger partial charge in [0.2, 0.25) is 0 Å². The van der Waals surface area contributed by atoms with Crippen LogP contribution in [0.15, 0.2) is 12.2 Å². The summed E-state index contributed by atoms with van der Waals surface area (Å²) in [7, 11) is 0. The number of fused-ring (bicyclic) bond motifs is 4. The molecule has 7 heteroatoms. The van der Waals surface area contributed by atoms with Crippen molar-refractivity contribution < 1.29 is 34.8 Å². The molecule has 0 radical (unpaired) electrons. The number of phenols is 2. The molecule has 1 aromatic carbocycles. The van der Waals surface area contributed by atoms with Crippen LogP contribution in [0.2, 0.25) is 0 Å². The molecule has 7 nitrogen and oxygen atoms in total. The predicted octanol–water partition coefficient (Wildman–Crippen LogP) is 0.271. The van der Waals surface area contributed by atoms with E-state index in [2.05, 4.69) is 0 Å². The van der Waals surface area contributed by atoms with Crippen LogP contribution in [0.3, 0.4) is 0 Å². The highest BCUT2D eigenvalue weighted by atomic mass is 16.6. The lowest BCUT2D eigenvalue weighted by atomic mass is 9.75. The van der Waals surface area contributed by atoms with Gasteiger partial charge in [-0.25, -0.2) is 0 Å². The van der Waals surface area contributed by atoms with E-state index in [0.717, 1.165) is 12.2 Å². The number of aliphatic hydroxyl groups is 2. The van der Waals surface area contributed by atoms with Crippen LogP contribution >= 0.6 is 0 Å². The van der Waals surface area contributed by atoms with E-state index in [1.54, 1.807) is 0 Å². The molecule has 4 atom stereocenters. The van der Waals surface area contributed by atoms with Gasteiger partial charge in [-0.3, -0.25) is 9.59 Å². The average molecular weight is 304 g/mol. The molecule has 114 valence electrons. The number of aromatic hydroxyl groups is 2. The quantitative estimate of drug-likeness (QED) is 0.400. The van der Waals surface area contributed by atoms with Crippen molar-refractivity contribution in [1.82, 2.24) is 0 Å². The standard InChI is InChI=1S/C15H12O7/c1-15(21)13(20)9-8(12-14(15)22-12)10(18)6-4(16)2-3-5(17)7(6)11(9)19/h2-3,12-14,18-21H,1H3/t12-,13+,14-,15-/m0/s1. The molecule has 1 saturated heterocycles. The van der Waals surface area contributed by atoms with Gasteiger partial charge in [-0.15, -0.1) is 0 Å². The second kappa shape index (κ2) is 3.75. The molecule has 1 aliphatic heterocycles. The van der Waals surface area contributed by atoms with Crippen LogP contribution in [0, 0.1) is 0 Å². The maximum atomic E-state index is 12.0. The number of epoxide rings is 1. The van der Waals surface area contributed by atoms with E-state index >= 15 is 0 Å². The van der Waals surface area contributed by atoms with Crippen LogP contribution in [0.4, 0.5) is 0 Å². The highest BCUT2D eigenvalue weighted by Gasteiger charge is 2.63. The molecule has 0 bridgehead atoms. The Bertz CT molecular complexity index is 790. The minimum atomic E-state index is -1.67. The Kier molecular flexibility index (Phi) is 2.29. The number of carbonyl (C=O) groups excluding carboxylic acids is 2. The van der Waals surface area contributed by atoms with Crippen molar-refractivity contribution in [2.45, 2.75) is 30.8 Å². The Morgan fingerprint density at radius 1 is 1.05 bits per heavy atom. The topological polar surface area (TPSA) is 128 Å². The summed E-state index contributed by atoms with van der Waals surface area (Å²) in [6.07, 6.45) is -1.05. The number of ketones is 2. The molecular weight excluding hydrogens is 292 g/mol. The average Bonchev–Trinajstić information content (AvgIpc) is 3.24. The van der Waals surface area contributed by atoms with Crippen molar-refractivity contribution in [1.29, 1.82) is 0 Å². The number of benzene rings is 1. The van der Waals surface area contributed by atoms with E-state index in [4.69, 9.17) is 4.74 Å². The molecule has 0 amide bonds. The maximum absolute atomic E-state index is 12.0. The molecular formula is C15H12O7. The van der Waals surface area contributed by atoms with Crippen LogP contribution in [-0.4, -0.2) is 43.7 Å². The lowest BCUT2D eigenvalue weighted by Crippen LogP contribution is -2.42. The summed E-state index contributed by atoms with van der Waals surface area (Å²) in [4.78, 5) is 23.9. The van der Waals surface area contributed by atoms with Gasteiger partial charge in [0.25, 0.3) is 0 Å². The number of phenolic OH excluding ortho intramolecular Hbond substituents is 2. The lowest BCUT2D eigenvalue weighted by molar-refractivity contribution is -0.0829. The first kappa shape index (κ1) is 13.4. The molecule has 0 spiro atoms. The van der Waals surface area contributed by atoms with Gasteiger partial charge >= 0.3 is 0 Å². The number of rotatable bonds is 0. The fraction of sp³-hybridized carbons (Fsp3) is 0.333. The molecule has 4 rings (SSSR count). The lowest BCUT2D eigenvalue weighted by Gasteiger charge is -2.34. The van der Waals surface area contributed by atoms with E-state index in [0.29, 0.717) is 0 Å². The van der Waals surface area contributed by atoms with Gasteiger partial charge in [-0.05, 0) is 19.1 Å². The van der Waals surface area contributed by atoms with Gasteiger partial charge in [0.05, 0.1) is 11.1 Å². The molecule has 0 unspecified atom stereocenters. The Balaban J connectivity index is 2.10. The third-order valence-electron chi connectivity index (χ3n) is 4.58. The number of ether oxygens (including phenoxy) is 1. The van der Waals surface area contributed by atoms with Crippen LogP contribution < -0.4 is 0 Å². The van der Waals surface area contributed by atoms with E-state index in [-0.39, 0.29) is 22.3 Å². The zero-order valence-corrected chi connectivity index (χ0v) is 11.4. The van der Waals surface area contributed by atoms with Crippen molar-refractivity contribution in [2.24, 2.45) is 0 Å². The smallest absolute Gasteiger partial charge is 0.190 e. The van der Waals surface area contributed by atoms with Crippen LogP contribution in [0.1, 0.15) is 51.0 Å².